The normalized spacial score (nSPS) is 11.1. The summed E-state index contributed by atoms with van der Waals surface area (Å²) < 4.78 is 42.3. The Morgan fingerprint density at radius 1 is 1.20 bits per heavy atom. The molecule has 2 heterocycles. The van der Waals surface area contributed by atoms with Gasteiger partial charge in [0.1, 0.15) is 5.15 Å². The average molecular weight is 394 g/mol. The maximum absolute atomic E-state index is 12.5. The minimum Gasteiger partial charge on any atom is -0.452 e. The monoisotopic (exact) mass is 393 g/mol. The van der Waals surface area contributed by atoms with Gasteiger partial charge < -0.3 is 10.1 Å². The standard InChI is InChI=1S/C14H8Cl2F3N3O3/c15-9-4-8(14(17,18)19)5-21-12(9)22-11(23)6-25-13(24)7-1-2-20-10(16)3-7/h1-5H,6H2,(H,21,22,23). The van der Waals surface area contributed by atoms with E-state index in [1.807, 2.05) is 0 Å². The highest BCUT2D eigenvalue weighted by Crippen LogP contribution is 2.32. The van der Waals surface area contributed by atoms with Crippen molar-refractivity contribution in [1.82, 2.24) is 9.97 Å². The molecule has 0 unspecified atom stereocenters. The molecule has 0 radical (unpaired) electrons. The largest absolute Gasteiger partial charge is 0.452 e. The Kier molecular flexibility index (Phi) is 5.81. The molecule has 0 saturated heterocycles. The number of aromatic nitrogens is 2. The van der Waals surface area contributed by atoms with Crippen LogP contribution in [-0.2, 0) is 15.7 Å². The first-order chi connectivity index (χ1) is 11.7. The van der Waals surface area contributed by atoms with Crippen LogP contribution in [0.25, 0.3) is 0 Å². The molecule has 11 heteroatoms. The number of anilines is 1. The van der Waals surface area contributed by atoms with Gasteiger partial charge in [-0.1, -0.05) is 23.2 Å². The number of alkyl halides is 3. The molecule has 0 aliphatic rings. The van der Waals surface area contributed by atoms with E-state index in [2.05, 4.69) is 15.3 Å². The van der Waals surface area contributed by atoms with Crippen molar-refractivity contribution < 1.29 is 27.5 Å². The van der Waals surface area contributed by atoms with Crippen LogP contribution in [0.4, 0.5) is 19.0 Å². The number of pyridine rings is 2. The fourth-order valence-corrected chi connectivity index (χ4v) is 1.98. The van der Waals surface area contributed by atoms with Crippen LogP contribution in [0.5, 0.6) is 0 Å². The van der Waals surface area contributed by atoms with E-state index in [1.165, 1.54) is 18.3 Å². The first kappa shape index (κ1) is 18.9. The molecule has 25 heavy (non-hydrogen) atoms. The molecule has 2 rings (SSSR count). The van der Waals surface area contributed by atoms with Gasteiger partial charge in [-0.25, -0.2) is 14.8 Å². The van der Waals surface area contributed by atoms with Crippen molar-refractivity contribution in [2.24, 2.45) is 0 Å². The Morgan fingerprint density at radius 3 is 2.52 bits per heavy atom. The quantitative estimate of drug-likeness (QED) is 0.633. The molecule has 1 N–H and O–H groups in total. The van der Waals surface area contributed by atoms with Crippen LogP contribution in [0.2, 0.25) is 10.2 Å². The summed E-state index contributed by atoms with van der Waals surface area (Å²) in [6.45, 7) is -0.697. The van der Waals surface area contributed by atoms with E-state index in [1.54, 1.807) is 0 Å². The number of hydrogen-bond acceptors (Lipinski definition) is 5. The van der Waals surface area contributed by atoms with Gasteiger partial charge in [0.05, 0.1) is 16.1 Å². The van der Waals surface area contributed by atoms with Crippen LogP contribution in [0, 0.1) is 0 Å². The van der Waals surface area contributed by atoms with Crippen LogP contribution in [0.1, 0.15) is 15.9 Å². The number of esters is 1. The highest BCUT2D eigenvalue weighted by atomic mass is 35.5. The summed E-state index contributed by atoms with van der Waals surface area (Å²) in [5.41, 5.74) is -0.977. The minimum atomic E-state index is -4.61. The first-order valence-corrected chi connectivity index (χ1v) is 7.23. The van der Waals surface area contributed by atoms with E-state index in [-0.39, 0.29) is 16.5 Å². The summed E-state index contributed by atoms with van der Waals surface area (Å²) in [5.74, 6) is -1.95. The number of nitrogens with zero attached hydrogens (tertiary/aromatic N) is 2. The Hall–Kier alpha value is -2.39. The third kappa shape index (κ3) is 5.30. The zero-order valence-electron chi connectivity index (χ0n) is 12.1. The van der Waals surface area contributed by atoms with Crippen LogP contribution in [0.3, 0.4) is 0 Å². The van der Waals surface area contributed by atoms with Crippen LogP contribution < -0.4 is 5.32 Å². The van der Waals surface area contributed by atoms with E-state index in [9.17, 15) is 22.8 Å². The number of hydrogen-bond donors (Lipinski definition) is 1. The van der Waals surface area contributed by atoms with Crippen molar-refractivity contribution in [3.63, 3.8) is 0 Å². The van der Waals surface area contributed by atoms with Gasteiger partial charge in [0.15, 0.2) is 12.4 Å². The molecule has 6 nitrogen and oxygen atoms in total. The van der Waals surface area contributed by atoms with Gasteiger partial charge in [-0.15, -0.1) is 0 Å². The topological polar surface area (TPSA) is 81.2 Å². The molecular formula is C14H8Cl2F3N3O3. The fourth-order valence-electron chi connectivity index (χ4n) is 1.60. The maximum Gasteiger partial charge on any atom is 0.417 e. The van der Waals surface area contributed by atoms with Crippen molar-refractivity contribution in [2.75, 3.05) is 11.9 Å². The minimum absolute atomic E-state index is 0.0691. The molecular weight excluding hydrogens is 386 g/mol. The molecule has 0 aromatic carbocycles. The van der Waals surface area contributed by atoms with Crippen molar-refractivity contribution in [1.29, 1.82) is 0 Å². The predicted molar refractivity (Wildman–Crippen MR) is 82.4 cm³/mol. The lowest BCUT2D eigenvalue weighted by atomic mass is 10.3. The summed E-state index contributed by atoms with van der Waals surface area (Å²) in [5, 5.41) is 1.80. The van der Waals surface area contributed by atoms with Crippen molar-refractivity contribution >= 4 is 40.9 Å². The van der Waals surface area contributed by atoms with Crippen molar-refractivity contribution in [2.45, 2.75) is 6.18 Å². The highest BCUT2D eigenvalue weighted by Gasteiger charge is 2.31. The molecule has 2 aromatic heterocycles. The van der Waals surface area contributed by atoms with Gasteiger partial charge in [-0.3, -0.25) is 4.79 Å². The number of ether oxygens (including phenoxy) is 1. The second kappa shape index (κ2) is 7.66. The molecule has 0 spiro atoms. The molecule has 0 fully saturated rings. The smallest absolute Gasteiger partial charge is 0.417 e. The van der Waals surface area contributed by atoms with E-state index < -0.39 is 35.2 Å². The Balaban J connectivity index is 1.95. The van der Waals surface area contributed by atoms with Crippen molar-refractivity contribution in [3.05, 3.63) is 51.9 Å². The summed E-state index contributed by atoms with van der Waals surface area (Å²) in [6.07, 6.45) is -2.81. The Bertz CT molecular complexity index is 815. The zero-order valence-corrected chi connectivity index (χ0v) is 13.6. The van der Waals surface area contributed by atoms with E-state index >= 15 is 0 Å². The second-order valence-electron chi connectivity index (χ2n) is 4.54. The fraction of sp³-hybridized carbons (Fsp3) is 0.143. The highest BCUT2D eigenvalue weighted by molar-refractivity contribution is 6.33. The first-order valence-electron chi connectivity index (χ1n) is 6.48. The van der Waals surface area contributed by atoms with Crippen LogP contribution in [0.15, 0.2) is 30.6 Å². The Labute approximate surface area is 148 Å². The molecule has 0 atom stereocenters. The SMILES string of the molecule is O=C(COC(=O)c1ccnc(Cl)c1)Nc1ncc(C(F)(F)F)cc1Cl. The maximum atomic E-state index is 12.5. The lowest BCUT2D eigenvalue weighted by molar-refractivity contribution is -0.137. The number of amides is 1. The van der Waals surface area contributed by atoms with Gasteiger partial charge in [0.25, 0.3) is 5.91 Å². The van der Waals surface area contributed by atoms with Gasteiger partial charge >= 0.3 is 12.1 Å². The number of nitrogens with one attached hydrogen (secondary N) is 1. The molecule has 0 saturated carbocycles. The molecule has 1 amide bonds. The zero-order chi connectivity index (χ0) is 18.6. The van der Waals surface area contributed by atoms with Gasteiger partial charge in [0.2, 0.25) is 0 Å². The summed E-state index contributed by atoms with van der Waals surface area (Å²) in [6, 6.07) is 3.20. The third-order valence-corrected chi connectivity index (χ3v) is 3.22. The number of rotatable bonds is 4. The van der Waals surface area contributed by atoms with E-state index in [4.69, 9.17) is 27.9 Å². The van der Waals surface area contributed by atoms with E-state index in [0.29, 0.717) is 12.3 Å². The Morgan fingerprint density at radius 2 is 1.92 bits per heavy atom. The van der Waals surface area contributed by atoms with Crippen molar-refractivity contribution in [3.8, 4) is 0 Å². The summed E-state index contributed by atoms with van der Waals surface area (Å²) in [7, 11) is 0. The molecule has 0 bridgehead atoms. The molecule has 0 aliphatic heterocycles. The van der Waals surface area contributed by atoms with Crippen LogP contribution in [-0.4, -0.2) is 28.5 Å². The average Bonchev–Trinajstić information content (AvgIpc) is 2.53. The molecule has 0 aliphatic carbocycles. The second-order valence-corrected chi connectivity index (χ2v) is 5.34. The lowest BCUT2D eigenvalue weighted by Gasteiger charge is -2.10. The predicted octanol–water partition coefficient (Wildman–Crippen LogP) is 3.60. The summed E-state index contributed by atoms with van der Waals surface area (Å²) in [4.78, 5) is 30.5. The lowest BCUT2D eigenvalue weighted by Crippen LogP contribution is -2.22. The van der Waals surface area contributed by atoms with Gasteiger partial charge in [-0.05, 0) is 18.2 Å². The number of carbonyl (C=O) groups excluding carboxylic acids is 2. The molecule has 2 aromatic rings. The number of halogens is 5. The third-order valence-electron chi connectivity index (χ3n) is 2.72. The number of carbonyl (C=O) groups is 2. The van der Waals surface area contributed by atoms with Crippen LogP contribution >= 0.6 is 23.2 Å². The van der Waals surface area contributed by atoms with Gasteiger partial charge in [-0.2, -0.15) is 13.2 Å². The van der Waals surface area contributed by atoms with E-state index in [0.717, 1.165) is 0 Å². The molecule has 132 valence electrons. The van der Waals surface area contributed by atoms with Gasteiger partial charge in [0, 0.05) is 12.4 Å². The summed E-state index contributed by atoms with van der Waals surface area (Å²) >= 11 is 11.3.